The fourth-order valence-electron chi connectivity index (χ4n) is 1.71. The van der Waals surface area contributed by atoms with Crippen molar-refractivity contribution in [2.45, 2.75) is 26.2 Å². The zero-order chi connectivity index (χ0) is 15.2. The zero-order valence-electron chi connectivity index (χ0n) is 12.3. The van der Waals surface area contributed by atoms with E-state index in [-0.39, 0.29) is 16.9 Å². The summed E-state index contributed by atoms with van der Waals surface area (Å²) in [5, 5.41) is 18.6. The summed E-state index contributed by atoms with van der Waals surface area (Å²) in [6, 6.07) is 14.6. The van der Waals surface area contributed by atoms with Crippen LogP contribution in [0, 0.1) is 0 Å². The third kappa shape index (κ3) is 4.81. The van der Waals surface area contributed by atoms with E-state index in [0.29, 0.717) is 0 Å². The molecule has 0 aliphatic rings. The second-order valence-electron chi connectivity index (χ2n) is 5.57. The number of benzene rings is 2. The first-order chi connectivity index (χ1) is 9.34. The smallest absolute Gasteiger partial charge is 0.119 e. The summed E-state index contributed by atoms with van der Waals surface area (Å²) >= 11 is 0. The zero-order valence-corrected chi connectivity index (χ0v) is 12.3. The molecule has 20 heavy (non-hydrogen) atoms. The van der Waals surface area contributed by atoms with Gasteiger partial charge in [0.2, 0.25) is 0 Å². The lowest BCUT2D eigenvalue weighted by molar-refractivity contribution is 0.435. The van der Waals surface area contributed by atoms with Gasteiger partial charge >= 0.3 is 0 Å². The van der Waals surface area contributed by atoms with Crippen molar-refractivity contribution in [2.24, 2.45) is 0 Å². The summed E-state index contributed by atoms with van der Waals surface area (Å²) in [5.74, 6) is 0.429. The average molecular weight is 270 g/mol. The van der Waals surface area contributed by atoms with Crippen LogP contribution in [0.3, 0.4) is 0 Å². The SMILES string of the molecule is C=Cc1ccccc1.CC(C)(C)c1cc(O)ccc1O. The molecular weight excluding hydrogens is 248 g/mol. The molecule has 0 unspecified atom stereocenters. The maximum absolute atomic E-state index is 9.46. The Morgan fingerprint density at radius 3 is 1.95 bits per heavy atom. The molecule has 0 amide bonds. The maximum atomic E-state index is 9.46. The summed E-state index contributed by atoms with van der Waals surface area (Å²) < 4.78 is 0. The van der Waals surface area contributed by atoms with Crippen LogP contribution in [-0.2, 0) is 5.41 Å². The van der Waals surface area contributed by atoms with E-state index in [1.165, 1.54) is 17.7 Å². The molecule has 0 saturated carbocycles. The van der Waals surface area contributed by atoms with Gasteiger partial charge in [-0.1, -0.05) is 63.8 Å². The predicted octanol–water partition coefficient (Wildman–Crippen LogP) is 4.72. The molecule has 106 valence electrons. The molecule has 0 radical (unpaired) electrons. The normalized spacial score (nSPS) is 10.3. The van der Waals surface area contributed by atoms with E-state index in [1.54, 1.807) is 6.07 Å². The summed E-state index contributed by atoms with van der Waals surface area (Å²) in [7, 11) is 0. The Bertz CT molecular complexity index is 551. The molecule has 2 N–H and O–H groups in total. The lowest BCUT2D eigenvalue weighted by Crippen LogP contribution is -2.10. The first-order valence-electron chi connectivity index (χ1n) is 6.54. The molecule has 0 saturated heterocycles. The van der Waals surface area contributed by atoms with Gasteiger partial charge in [-0.25, -0.2) is 0 Å². The molecule has 0 bridgehead atoms. The van der Waals surface area contributed by atoms with Crippen LogP contribution in [-0.4, -0.2) is 10.2 Å². The van der Waals surface area contributed by atoms with E-state index in [9.17, 15) is 10.2 Å². The number of rotatable bonds is 1. The molecule has 0 atom stereocenters. The first kappa shape index (κ1) is 15.8. The molecule has 2 aromatic carbocycles. The first-order valence-corrected chi connectivity index (χ1v) is 6.54. The highest BCUT2D eigenvalue weighted by Gasteiger charge is 2.17. The fraction of sp³-hybridized carbons (Fsp3) is 0.222. The van der Waals surface area contributed by atoms with E-state index in [1.807, 2.05) is 57.2 Å². The molecule has 0 spiro atoms. The fourth-order valence-corrected chi connectivity index (χ4v) is 1.71. The monoisotopic (exact) mass is 270 g/mol. The number of hydrogen-bond acceptors (Lipinski definition) is 2. The summed E-state index contributed by atoms with van der Waals surface area (Å²) in [5.41, 5.74) is 1.80. The Morgan fingerprint density at radius 2 is 1.55 bits per heavy atom. The molecule has 0 aromatic heterocycles. The molecule has 2 rings (SSSR count). The predicted molar refractivity (Wildman–Crippen MR) is 85.0 cm³/mol. The molecule has 2 nitrogen and oxygen atoms in total. The topological polar surface area (TPSA) is 40.5 Å². The van der Waals surface area contributed by atoms with E-state index in [4.69, 9.17) is 0 Å². The van der Waals surface area contributed by atoms with Crippen LogP contribution in [0.4, 0.5) is 0 Å². The Morgan fingerprint density at radius 1 is 0.950 bits per heavy atom. The van der Waals surface area contributed by atoms with E-state index in [2.05, 4.69) is 6.58 Å². The van der Waals surface area contributed by atoms with Gasteiger partial charge in [0.25, 0.3) is 0 Å². The standard InChI is InChI=1S/C10H14O2.C8H8/c1-10(2,3)8-6-7(11)4-5-9(8)12;1-2-8-6-4-3-5-7-8/h4-6,11-12H,1-3H3;2-7H,1H2. The van der Waals surface area contributed by atoms with Crippen molar-refractivity contribution in [3.8, 4) is 11.5 Å². The molecular formula is C18H22O2. The van der Waals surface area contributed by atoms with Crippen LogP contribution in [0.15, 0.2) is 55.1 Å². The largest absolute Gasteiger partial charge is 0.508 e. The lowest BCUT2D eigenvalue weighted by Gasteiger charge is -2.20. The van der Waals surface area contributed by atoms with Gasteiger partial charge in [0.05, 0.1) is 0 Å². The molecule has 2 aromatic rings. The number of phenols is 2. The second kappa shape index (κ2) is 6.80. The average Bonchev–Trinajstić information content (AvgIpc) is 2.42. The number of hydrogen-bond donors (Lipinski definition) is 2. The van der Waals surface area contributed by atoms with Crippen molar-refractivity contribution in [1.29, 1.82) is 0 Å². The minimum Gasteiger partial charge on any atom is -0.508 e. The second-order valence-corrected chi connectivity index (χ2v) is 5.57. The van der Waals surface area contributed by atoms with Gasteiger partial charge in [0.15, 0.2) is 0 Å². The Hall–Kier alpha value is -2.22. The van der Waals surface area contributed by atoms with E-state index >= 15 is 0 Å². The van der Waals surface area contributed by atoms with Gasteiger partial charge in [-0.15, -0.1) is 0 Å². The quantitative estimate of drug-likeness (QED) is 0.736. The third-order valence-electron chi connectivity index (χ3n) is 2.82. The van der Waals surface area contributed by atoms with Crippen molar-refractivity contribution in [3.63, 3.8) is 0 Å². The van der Waals surface area contributed by atoms with E-state index in [0.717, 1.165) is 5.56 Å². The van der Waals surface area contributed by atoms with Gasteiger partial charge in [-0.3, -0.25) is 0 Å². The van der Waals surface area contributed by atoms with Gasteiger partial charge < -0.3 is 10.2 Å². The summed E-state index contributed by atoms with van der Waals surface area (Å²) in [6.45, 7) is 9.59. The van der Waals surface area contributed by atoms with Gasteiger partial charge in [0, 0.05) is 5.56 Å². The highest BCUT2D eigenvalue weighted by Crippen LogP contribution is 2.32. The van der Waals surface area contributed by atoms with Gasteiger partial charge in [-0.2, -0.15) is 0 Å². The Kier molecular flexibility index (Phi) is 5.39. The molecule has 2 heteroatoms. The van der Waals surface area contributed by atoms with Crippen molar-refractivity contribution < 1.29 is 10.2 Å². The van der Waals surface area contributed by atoms with Crippen LogP contribution in [0.2, 0.25) is 0 Å². The molecule has 0 aliphatic carbocycles. The van der Waals surface area contributed by atoms with Gasteiger partial charge in [-0.05, 0) is 29.2 Å². The number of phenolic OH excluding ortho intramolecular Hbond substituents is 2. The Labute approximate surface area is 121 Å². The maximum Gasteiger partial charge on any atom is 0.119 e. The highest BCUT2D eigenvalue weighted by molar-refractivity contribution is 5.45. The van der Waals surface area contributed by atoms with Crippen LogP contribution in [0.5, 0.6) is 11.5 Å². The van der Waals surface area contributed by atoms with Crippen LogP contribution in [0.25, 0.3) is 6.08 Å². The van der Waals surface area contributed by atoms with Crippen LogP contribution < -0.4 is 0 Å². The van der Waals surface area contributed by atoms with Crippen molar-refractivity contribution in [3.05, 3.63) is 66.2 Å². The number of aromatic hydroxyl groups is 2. The van der Waals surface area contributed by atoms with E-state index < -0.39 is 0 Å². The third-order valence-corrected chi connectivity index (χ3v) is 2.82. The molecule has 0 heterocycles. The summed E-state index contributed by atoms with van der Waals surface area (Å²) in [4.78, 5) is 0. The Balaban J connectivity index is 0.000000217. The lowest BCUT2D eigenvalue weighted by atomic mass is 9.86. The van der Waals surface area contributed by atoms with Crippen LogP contribution >= 0.6 is 0 Å². The van der Waals surface area contributed by atoms with Crippen molar-refractivity contribution >= 4 is 6.08 Å². The molecule has 0 aliphatic heterocycles. The minimum absolute atomic E-state index is 0.136. The van der Waals surface area contributed by atoms with Crippen molar-refractivity contribution in [2.75, 3.05) is 0 Å². The molecule has 0 fully saturated rings. The van der Waals surface area contributed by atoms with Crippen molar-refractivity contribution in [1.82, 2.24) is 0 Å². The highest BCUT2D eigenvalue weighted by atomic mass is 16.3. The minimum atomic E-state index is -0.136. The van der Waals surface area contributed by atoms with Gasteiger partial charge in [0.1, 0.15) is 11.5 Å². The van der Waals surface area contributed by atoms with Crippen LogP contribution in [0.1, 0.15) is 31.9 Å². The summed E-state index contributed by atoms with van der Waals surface area (Å²) in [6.07, 6.45) is 1.83.